The quantitative estimate of drug-likeness (QED) is 0.691. The Balaban J connectivity index is 1.61. The van der Waals surface area contributed by atoms with E-state index in [9.17, 15) is 18.0 Å². The van der Waals surface area contributed by atoms with Gasteiger partial charge in [-0.3, -0.25) is 4.79 Å². The molecule has 1 aromatic carbocycles. The van der Waals surface area contributed by atoms with Crippen LogP contribution in [0, 0.1) is 0 Å². The molecule has 1 N–H and O–H groups in total. The van der Waals surface area contributed by atoms with E-state index in [0.717, 1.165) is 21.4 Å². The van der Waals surface area contributed by atoms with Crippen LogP contribution in [0.3, 0.4) is 0 Å². The second kappa shape index (κ2) is 7.14. The van der Waals surface area contributed by atoms with Crippen LogP contribution in [0.2, 0.25) is 0 Å². The Morgan fingerprint density at radius 2 is 1.92 bits per heavy atom. The van der Waals surface area contributed by atoms with Crippen LogP contribution in [0.25, 0.3) is 10.4 Å². The Labute approximate surface area is 146 Å². The highest BCUT2D eigenvalue weighted by molar-refractivity contribution is 7.15. The highest BCUT2D eigenvalue weighted by atomic mass is 32.1. The fraction of sp³-hybridized carbons (Fsp3) is 0.167. The van der Waals surface area contributed by atoms with Gasteiger partial charge in [0.15, 0.2) is 0 Å². The molecule has 0 unspecified atom stereocenters. The molecule has 0 saturated heterocycles. The van der Waals surface area contributed by atoms with Crippen LogP contribution >= 0.6 is 11.3 Å². The number of hydrogen-bond donors (Lipinski definition) is 1. The van der Waals surface area contributed by atoms with Crippen molar-refractivity contribution in [3.63, 3.8) is 0 Å². The molecule has 0 atom stereocenters. The second-order valence-corrected chi connectivity index (χ2v) is 6.50. The van der Waals surface area contributed by atoms with E-state index in [4.69, 9.17) is 4.42 Å². The molecular formula is C18H14F3NO2S. The van der Waals surface area contributed by atoms with Gasteiger partial charge in [0.25, 0.3) is 5.91 Å². The smallest absolute Gasteiger partial charge is 0.417 e. The van der Waals surface area contributed by atoms with Crippen molar-refractivity contribution in [2.75, 3.05) is 6.54 Å². The zero-order chi connectivity index (χ0) is 17.9. The van der Waals surface area contributed by atoms with Gasteiger partial charge < -0.3 is 9.73 Å². The number of furan rings is 1. The number of alkyl halides is 3. The Morgan fingerprint density at radius 1 is 1.12 bits per heavy atom. The van der Waals surface area contributed by atoms with Crippen LogP contribution in [0.5, 0.6) is 0 Å². The molecule has 0 saturated carbocycles. The molecule has 0 aliphatic heterocycles. The molecule has 2 heterocycles. The maximum Gasteiger partial charge on any atom is 0.417 e. The summed E-state index contributed by atoms with van der Waals surface area (Å²) >= 11 is 1.55. The van der Waals surface area contributed by atoms with E-state index in [2.05, 4.69) is 5.32 Å². The molecule has 3 aromatic rings. The van der Waals surface area contributed by atoms with Gasteiger partial charge in [0.2, 0.25) is 0 Å². The topological polar surface area (TPSA) is 42.2 Å². The molecule has 0 fully saturated rings. The van der Waals surface area contributed by atoms with Crippen molar-refractivity contribution in [2.24, 2.45) is 0 Å². The van der Waals surface area contributed by atoms with Crippen molar-refractivity contribution in [3.05, 3.63) is 71.0 Å². The lowest BCUT2D eigenvalue weighted by Gasteiger charge is -2.12. The summed E-state index contributed by atoms with van der Waals surface area (Å²) in [6, 6.07) is 10.5. The van der Waals surface area contributed by atoms with Crippen molar-refractivity contribution < 1.29 is 22.4 Å². The Morgan fingerprint density at radius 3 is 2.64 bits per heavy atom. The van der Waals surface area contributed by atoms with Crippen LogP contribution < -0.4 is 5.32 Å². The molecule has 2 aromatic heterocycles. The number of rotatable bonds is 5. The van der Waals surface area contributed by atoms with Gasteiger partial charge in [-0.15, -0.1) is 11.3 Å². The van der Waals surface area contributed by atoms with Gasteiger partial charge in [0, 0.05) is 21.9 Å². The minimum atomic E-state index is -4.55. The van der Waals surface area contributed by atoms with Gasteiger partial charge in [-0.05, 0) is 36.8 Å². The highest BCUT2D eigenvalue weighted by Crippen LogP contribution is 2.32. The largest absolute Gasteiger partial charge is 0.472 e. The van der Waals surface area contributed by atoms with Gasteiger partial charge in [-0.25, -0.2) is 0 Å². The summed E-state index contributed by atoms with van der Waals surface area (Å²) in [5.74, 6) is -0.723. The molecule has 3 nitrogen and oxygen atoms in total. The van der Waals surface area contributed by atoms with Crippen molar-refractivity contribution in [1.82, 2.24) is 5.32 Å². The molecule has 0 radical (unpaired) electrons. The summed E-state index contributed by atoms with van der Waals surface area (Å²) in [6.07, 6.45) is -0.776. The lowest BCUT2D eigenvalue weighted by molar-refractivity contribution is -0.137. The number of amides is 1. The summed E-state index contributed by atoms with van der Waals surface area (Å²) in [4.78, 5) is 14.1. The average Bonchev–Trinajstić information content (AvgIpc) is 3.25. The van der Waals surface area contributed by atoms with Crippen LogP contribution in [-0.2, 0) is 12.6 Å². The third-order valence-corrected chi connectivity index (χ3v) is 4.80. The maximum atomic E-state index is 12.9. The molecular weight excluding hydrogens is 351 g/mol. The Hall–Kier alpha value is -2.54. The minimum Gasteiger partial charge on any atom is -0.472 e. The number of benzene rings is 1. The molecule has 0 aliphatic rings. The lowest BCUT2D eigenvalue weighted by atomic mass is 10.1. The molecule has 7 heteroatoms. The SMILES string of the molecule is O=C(NCCc1ccc(-c2ccoc2)s1)c1ccccc1C(F)(F)F. The van der Waals surface area contributed by atoms with Crippen LogP contribution in [-0.4, -0.2) is 12.5 Å². The predicted molar refractivity (Wildman–Crippen MR) is 89.5 cm³/mol. The first-order valence-corrected chi connectivity index (χ1v) is 8.32. The van der Waals surface area contributed by atoms with E-state index in [0.29, 0.717) is 6.42 Å². The van der Waals surface area contributed by atoms with E-state index >= 15 is 0 Å². The van der Waals surface area contributed by atoms with E-state index in [1.807, 2.05) is 18.2 Å². The van der Waals surface area contributed by atoms with Gasteiger partial charge in [-0.1, -0.05) is 12.1 Å². The molecule has 1 amide bonds. The third kappa shape index (κ3) is 4.11. The van der Waals surface area contributed by atoms with Gasteiger partial charge in [-0.2, -0.15) is 13.2 Å². The molecule has 3 rings (SSSR count). The normalized spacial score (nSPS) is 11.5. The number of carbonyl (C=O) groups is 1. The van der Waals surface area contributed by atoms with Gasteiger partial charge >= 0.3 is 6.18 Å². The fourth-order valence-corrected chi connectivity index (χ4v) is 3.39. The van der Waals surface area contributed by atoms with E-state index < -0.39 is 17.6 Å². The van der Waals surface area contributed by atoms with Crippen LogP contribution in [0.15, 0.2) is 59.4 Å². The van der Waals surface area contributed by atoms with Crippen LogP contribution in [0.4, 0.5) is 13.2 Å². The van der Waals surface area contributed by atoms with E-state index in [1.165, 1.54) is 18.2 Å². The molecule has 0 bridgehead atoms. The monoisotopic (exact) mass is 365 g/mol. The van der Waals surface area contributed by atoms with E-state index in [-0.39, 0.29) is 12.1 Å². The lowest BCUT2D eigenvalue weighted by Crippen LogP contribution is -2.28. The molecule has 130 valence electrons. The first kappa shape index (κ1) is 17.3. The molecule has 25 heavy (non-hydrogen) atoms. The van der Waals surface area contributed by atoms with Gasteiger partial charge in [0.1, 0.15) is 0 Å². The number of nitrogens with one attached hydrogen (secondary N) is 1. The van der Waals surface area contributed by atoms with Crippen LogP contribution in [0.1, 0.15) is 20.8 Å². The number of carbonyl (C=O) groups excluding carboxylic acids is 1. The second-order valence-electron chi connectivity index (χ2n) is 5.33. The summed E-state index contributed by atoms with van der Waals surface area (Å²) < 4.78 is 43.9. The van der Waals surface area contributed by atoms with Crippen molar-refractivity contribution in [2.45, 2.75) is 12.6 Å². The third-order valence-electron chi connectivity index (χ3n) is 3.60. The number of hydrogen-bond acceptors (Lipinski definition) is 3. The Kier molecular flexibility index (Phi) is 4.94. The van der Waals surface area contributed by atoms with Crippen molar-refractivity contribution in [1.29, 1.82) is 0 Å². The minimum absolute atomic E-state index is 0.260. The first-order valence-electron chi connectivity index (χ1n) is 7.51. The number of thiophene rings is 1. The zero-order valence-corrected chi connectivity index (χ0v) is 13.8. The highest BCUT2D eigenvalue weighted by Gasteiger charge is 2.34. The first-order chi connectivity index (χ1) is 11.9. The van der Waals surface area contributed by atoms with Gasteiger partial charge in [0.05, 0.1) is 23.7 Å². The summed E-state index contributed by atoms with van der Waals surface area (Å²) in [5, 5.41) is 2.55. The summed E-state index contributed by atoms with van der Waals surface area (Å²) in [6.45, 7) is 0.260. The number of halogens is 3. The van der Waals surface area contributed by atoms with Crippen molar-refractivity contribution >= 4 is 17.2 Å². The summed E-state index contributed by atoms with van der Waals surface area (Å²) in [5.41, 5.74) is -0.314. The maximum absolute atomic E-state index is 12.9. The predicted octanol–water partition coefficient (Wildman–Crippen LogP) is 5.00. The zero-order valence-electron chi connectivity index (χ0n) is 13.0. The molecule has 0 aliphatic carbocycles. The Bertz CT molecular complexity index is 853. The summed E-state index contributed by atoms with van der Waals surface area (Å²) in [7, 11) is 0. The van der Waals surface area contributed by atoms with Crippen molar-refractivity contribution in [3.8, 4) is 10.4 Å². The standard InChI is InChI=1S/C18H14F3NO2S/c19-18(20,21)15-4-2-1-3-14(15)17(23)22-9-7-13-5-6-16(25-13)12-8-10-24-11-12/h1-6,8,10-11H,7,9H2,(H,22,23). The fourth-order valence-electron chi connectivity index (χ4n) is 2.39. The average molecular weight is 365 g/mol. The molecule has 0 spiro atoms. The van der Waals surface area contributed by atoms with E-state index in [1.54, 1.807) is 23.9 Å².